The van der Waals surface area contributed by atoms with Crippen LogP contribution in [0.25, 0.3) is 11.0 Å². The molecular weight excluding hydrogens is 408 g/mol. The van der Waals surface area contributed by atoms with Crippen molar-refractivity contribution in [3.05, 3.63) is 83.7 Å². The maximum atomic E-state index is 11.4. The van der Waals surface area contributed by atoms with Gasteiger partial charge in [-0.05, 0) is 48.9 Å². The van der Waals surface area contributed by atoms with Crippen molar-refractivity contribution in [1.82, 2.24) is 9.55 Å². The van der Waals surface area contributed by atoms with E-state index in [4.69, 9.17) is 19.2 Å². The van der Waals surface area contributed by atoms with Gasteiger partial charge in [0.2, 0.25) is 0 Å². The van der Waals surface area contributed by atoms with Gasteiger partial charge in [-0.1, -0.05) is 24.3 Å². The lowest BCUT2D eigenvalue weighted by Gasteiger charge is -2.13. The molecule has 0 fully saturated rings. The Kier molecular flexibility index (Phi) is 6.26. The molecule has 1 N–H and O–H groups in total. The lowest BCUT2D eigenvalue weighted by Crippen LogP contribution is -2.09. The van der Waals surface area contributed by atoms with Gasteiger partial charge < -0.3 is 23.9 Å². The number of carbonyl (C=O) groups is 1. The second-order valence-corrected chi connectivity index (χ2v) is 7.14. The molecule has 0 saturated carbocycles. The smallest absolute Gasteiger partial charge is 0.339 e. The van der Waals surface area contributed by atoms with Gasteiger partial charge >= 0.3 is 5.97 Å². The number of hydrogen-bond donors (Lipinski definition) is 1. The highest BCUT2D eigenvalue weighted by Gasteiger charge is 2.15. The van der Waals surface area contributed by atoms with Crippen LogP contribution >= 0.6 is 0 Å². The summed E-state index contributed by atoms with van der Waals surface area (Å²) in [5, 5.41) is 9.34. The van der Waals surface area contributed by atoms with Crippen LogP contribution in [0.4, 0.5) is 0 Å². The number of fused-ring (bicyclic) bond motifs is 1. The Bertz CT molecular complexity index is 1250. The molecule has 0 saturated heterocycles. The first-order valence-electron chi connectivity index (χ1n) is 10.3. The normalized spacial score (nSPS) is 10.8. The standard InChI is InChI=1S/C25H24N2O5/c1-3-31-23-14-19(11-12-20(23)25(28)29)32-16-24-26-21-9-4-5-10-22(21)27(24)15-17-7-6-8-18(13-17)30-2/h4-14H,3,15-16H2,1-2H3,(H,28,29). The Morgan fingerprint density at radius 3 is 2.62 bits per heavy atom. The summed E-state index contributed by atoms with van der Waals surface area (Å²) in [6.07, 6.45) is 0. The Labute approximate surface area is 185 Å². The van der Waals surface area contributed by atoms with Crippen LogP contribution in [-0.4, -0.2) is 34.3 Å². The molecule has 0 amide bonds. The van der Waals surface area contributed by atoms with E-state index >= 15 is 0 Å². The topological polar surface area (TPSA) is 82.8 Å². The lowest BCUT2D eigenvalue weighted by atomic mass is 10.2. The van der Waals surface area contributed by atoms with Gasteiger partial charge in [0.05, 0.1) is 24.8 Å². The molecule has 0 spiro atoms. The van der Waals surface area contributed by atoms with Gasteiger partial charge in [0.1, 0.15) is 35.2 Å². The maximum absolute atomic E-state index is 11.4. The number of benzene rings is 3. The summed E-state index contributed by atoms with van der Waals surface area (Å²) in [4.78, 5) is 16.2. The number of aromatic nitrogens is 2. The van der Waals surface area contributed by atoms with Crippen LogP contribution in [0, 0.1) is 0 Å². The zero-order valence-corrected chi connectivity index (χ0v) is 17.9. The van der Waals surface area contributed by atoms with Crippen molar-refractivity contribution in [2.24, 2.45) is 0 Å². The summed E-state index contributed by atoms with van der Waals surface area (Å²) in [5.74, 6) is 1.31. The van der Waals surface area contributed by atoms with Crippen LogP contribution in [0.1, 0.15) is 28.7 Å². The summed E-state index contributed by atoms with van der Waals surface area (Å²) < 4.78 is 18.9. The average molecular weight is 432 g/mol. The molecule has 1 heterocycles. The molecule has 7 heteroatoms. The van der Waals surface area contributed by atoms with Gasteiger partial charge in [0, 0.05) is 12.6 Å². The molecule has 3 aromatic carbocycles. The Morgan fingerprint density at radius 2 is 1.84 bits per heavy atom. The van der Waals surface area contributed by atoms with E-state index in [2.05, 4.69) is 4.57 Å². The molecule has 0 aliphatic heterocycles. The first-order valence-corrected chi connectivity index (χ1v) is 10.3. The van der Waals surface area contributed by atoms with E-state index in [-0.39, 0.29) is 17.9 Å². The molecule has 4 aromatic rings. The van der Waals surface area contributed by atoms with Crippen molar-refractivity contribution in [3.63, 3.8) is 0 Å². The van der Waals surface area contributed by atoms with Crippen molar-refractivity contribution < 1.29 is 24.1 Å². The molecule has 0 bridgehead atoms. The van der Waals surface area contributed by atoms with Crippen molar-refractivity contribution in [1.29, 1.82) is 0 Å². The minimum Gasteiger partial charge on any atom is -0.497 e. The molecule has 164 valence electrons. The minimum absolute atomic E-state index is 0.101. The molecule has 0 aliphatic rings. The van der Waals surface area contributed by atoms with E-state index in [1.165, 1.54) is 6.07 Å². The summed E-state index contributed by atoms with van der Waals surface area (Å²) >= 11 is 0. The van der Waals surface area contributed by atoms with Gasteiger partial charge in [0.15, 0.2) is 0 Å². The van der Waals surface area contributed by atoms with Gasteiger partial charge in [-0.3, -0.25) is 0 Å². The van der Waals surface area contributed by atoms with E-state index in [1.54, 1.807) is 26.2 Å². The molecule has 4 rings (SSSR count). The van der Waals surface area contributed by atoms with Crippen molar-refractivity contribution >= 4 is 17.0 Å². The second kappa shape index (κ2) is 9.43. The SMILES string of the molecule is CCOc1cc(OCc2nc3ccccc3n2Cc2cccc(OC)c2)ccc1C(=O)O. The Balaban J connectivity index is 1.62. The monoisotopic (exact) mass is 432 g/mol. The highest BCUT2D eigenvalue weighted by Crippen LogP contribution is 2.27. The molecule has 1 aromatic heterocycles. The van der Waals surface area contributed by atoms with E-state index in [0.29, 0.717) is 18.9 Å². The molecule has 32 heavy (non-hydrogen) atoms. The first-order chi connectivity index (χ1) is 15.6. The largest absolute Gasteiger partial charge is 0.497 e. The van der Waals surface area contributed by atoms with Crippen LogP contribution in [-0.2, 0) is 13.2 Å². The first kappa shape index (κ1) is 21.2. The van der Waals surface area contributed by atoms with Gasteiger partial charge in [-0.15, -0.1) is 0 Å². The number of nitrogens with zero attached hydrogens (tertiary/aromatic N) is 2. The fourth-order valence-corrected chi connectivity index (χ4v) is 3.56. The average Bonchev–Trinajstić information content (AvgIpc) is 3.15. The number of carboxylic acid groups (broad SMARTS) is 1. The summed E-state index contributed by atoms with van der Waals surface area (Å²) in [6, 6.07) is 20.6. The third-order valence-electron chi connectivity index (χ3n) is 5.06. The third kappa shape index (κ3) is 4.51. The second-order valence-electron chi connectivity index (χ2n) is 7.14. The number of para-hydroxylation sites is 2. The number of carboxylic acids is 1. The number of ether oxygens (including phenoxy) is 3. The molecule has 0 radical (unpaired) electrons. The van der Waals surface area contributed by atoms with Gasteiger partial charge in [0.25, 0.3) is 0 Å². The summed E-state index contributed by atoms with van der Waals surface area (Å²) in [7, 11) is 1.65. The predicted molar refractivity (Wildman–Crippen MR) is 121 cm³/mol. The Hall–Kier alpha value is -4.00. The molecule has 0 aliphatic carbocycles. The van der Waals surface area contributed by atoms with Crippen LogP contribution in [0.3, 0.4) is 0 Å². The minimum atomic E-state index is -1.04. The number of imidazole rings is 1. The fraction of sp³-hybridized carbons (Fsp3) is 0.200. The van der Waals surface area contributed by atoms with Crippen molar-refractivity contribution in [2.45, 2.75) is 20.1 Å². The zero-order valence-electron chi connectivity index (χ0n) is 17.9. The van der Waals surface area contributed by atoms with Crippen LogP contribution < -0.4 is 14.2 Å². The van der Waals surface area contributed by atoms with Crippen molar-refractivity contribution in [3.8, 4) is 17.2 Å². The summed E-state index contributed by atoms with van der Waals surface area (Å²) in [6.45, 7) is 3.00. The van der Waals surface area contributed by atoms with Crippen LogP contribution in [0.15, 0.2) is 66.7 Å². The molecule has 0 atom stereocenters. The van der Waals surface area contributed by atoms with Gasteiger partial charge in [-0.2, -0.15) is 0 Å². The van der Waals surface area contributed by atoms with Gasteiger partial charge in [-0.25, -0.2) is 9.78 Å². The van der Waals surface area contributed by atoms with E-state index in [9.17, 15) is 9.90 Å². The Morgan fingerprint density at radius 1 is 1.00 bits per heavy atom. The van der Waals surface area contributed by atoms with E-state index in [1.807, 2.05) is 48.5 Å². The zero-order chi connectivity index (χ0) is 22.5. The number of methoxy groups -OCH3 is 1. The number of hydrogen-bond acceptors (Lipinski definition) is 5. The number of rotatable bonds is 9. The molecule has 0 unspecified atom stereocenters. The predicted octanol–water partition coefficient (Wildman–Crippen LogP) is 4.77. The lowest BCUT2D eigenvalue weighted by molar-refractivity contribution is 0.0692. The van der Waals surface area contributed by atoms with E-state index < -0.39 is 5.97 Å². The van der Waals surface area contributed by atoms with E-state index in [0.717, 1.165) is 28.2 Å². The highest BCUT2D eigenvalue weighted by molar-refractivity contribution is 5.91. The quantitative estimate of drug-likeness (QED) is 0.410. The van der Waals surface area contributed by atoms with Crippen molar-refractivity contribution in [2.75, 3.05) is 13.7 Å². The highest BCUT2D eigenvalue weighted by atomic mass is 16.5. The van der Waals surface area contributed by atoms with Crippen LogP contribution in [0.2, 0.25) is 0 Å². The molecule has 7 nitrogen and oxygen atoms in total. The summed E-state index contributed by atoms with van der Waals surface area (Å²) in [5.41, 5.74) is 3.07. The fourth-order valence-electron chi connectivity index (χ4n) is 3.56. The van der Waals surface area contributed by atoms with Crippen LogP contribution in [0.5, 0.6) is 17.2 Å². The number of aromatic carboxylic acids is 1. The molecular formula is C25H24N2O5. The maximum Gasteiger partial charge on any atom is 0.339 e. The third-order valence-corrected chi connectivity index (χ3v) is 5.06.